The molecule has 2 aromatic rings. The standard InChI is InChI=1S/C15H12Cl2O4/c16-10-3-5-14(12(18)8-10)21-13-4-1-9(7-11(13)17)2-6-15(19)20/h1,3-5,7-8,18H,2,6H2,(H,19,20). The molecule has 0 heterocycles. The second-order valence-electron chi connectivity index (χ2n) is 4.37. The molecule has 0 atom stereocenters. The number of hydrogen-bond acceptors (Lipinski definition) is 3. The minimum Gasteiger partial charge on any atom is -0.504 e. The Morgan fingerprint density at radius 1 is 1.10 bits per heavy atom. The summed E-state index contributed by atoms with van der Waals surface area (Å²) in [6, 6.07) is 9.50. The Labute approximate surface area is 131 Å². The molecular weight excluding hydrogens is 315 g/mol. The number of aromatic hydroxyl groups is 1. The molecule has 0 aliphatic rings. The van der Waals surface area contributed by atoms with Crippen LogP contribution in [-0.4, -0.2) is 16.2 Å². The van der Waals surface area contributed by atoms with Gasteiger partial charge in [0, 0.05) is 17.5 Å². The molecule has 0 radical (unpaired) electrons. The molecular formula is C15H12Cl2O4. The third-order valence-electron chi connectivity index (χ3n) is 2.76. The maximum absolute atomic E-state index is 10.5. The molecule has 2 aromatic carbocycles. The minimum atomic E-state index is -0.863. The Bertz CT molecular complexity index is 671. The largest absolute Gasteiger partial charge is 0.504 e. The summed E-state index contributed by atoms with van der Waals surface area (Å²) in [5.74, 6) is -0.348. The van der Waals surface area contributed by atoms with E-state index in [9.17, 15) is 9.90 Å². The summed E-state index contributed by atoms with van der Waals surface area (Å²) < 4.78 is 5.52. The first kappa shape index (κ1) is 15.5. The van der Waals surface area contributed by atoms with E-state index in [0.717, 1.165) is 5.56 Å². The van der Waals surface area contributed by atoms with Gasteiger partial charge in [0.15, 0.2) is 11.5 Å². The minimum absolute atomic E-state index is 0.0362. The fourth-order valence-electron chi connectivity index (χ4n) is 1.73. The summed E-state index contributed by atoms with van der Waals surface area (Å²) in [5.41, 5.74) is 0.801. The van der Waals surface area contributed by atoms with Crippen LogP contribution >= 0.6 is 23.2 Å². The van der Waals surface area contributed by atoms with Crippen molar-refractivity contribution in [2.24, 2.45) is 0 Å². The lowest BCUT2D eigenvalue weighted by Gasteiger charge is -2.10. The second kappa shape index (κ2) is 6.70. The molecule has 0 amide bonds. The predicted octanol–water partition coefficient (Wildman–Crippen LogP) is 4.51. The van der Waals surface area contributed by atoms with Gasteiger partial charge < -0.3 is 14.9 Å². The number of carboxylic acids is 1. The van der Waals surface area contributed by atoms with Gasteiger partial charge in [-0.05, 0) is 36.2 Å². The summed E-state index contributed by atoms with van der Waals surface area (Å²) in [7, 11) is 0. The first-order valence-electron chi connectivity index (χ1n) is 6.12. The number of aliphatic carboxylic acids is 1. The highest BCUT2D eigenvalue weighted by Crippen LogP contribution is 2.36. The molecule has 0 aromatic heterocycles. The molecule has 6 heteroatoms. The van der Waals surface area contributed by atoms with Gasteiger partial charge in [0.05, 0.1) is 5.02 Å². The van der Waals surface area contributed by atoms with Crippen molar-refractivity contribution < 1.29 is 19.7 Å². The Morgan fingerprint density at radius 3 is 2.43 bits per heavy atom. The number of phenolic OH excluding ortho intramolecular Hbond substituents is 1. The number of ether oxygens (including phenoxy) is 1. The van der Waals surface area contributed by atoms with E-state index < -0.39 is 5.97 Å². The number of rotatable bonds is 5. The topological polar surface area (TPSA) is 66.8 Å². The third-order valence-corrected chi connectivity index (χ3v) is 3.30. The Kier molecular flexibility index (Phi) is 4.94. The van der Waals surface area contributed by atoms with Crippen molar-refractivity contribution in [1.82, 2.24) is 0 Å². The molecule has 0 aliphatic carbocycles. The zero-order chi connectivity index (χ0) is 15.4. The number of benzene rings is 2. The molecule has 0 fully saturated rings. The SMILES string of the molecule is O=C(O)CCc1ccc(Oc2ccc(Cl)cc2O)c(Cl)c1. The van der Waals surface area contributed by atoms with Crippen molar-refractivity contribution >= 4 is 29.2 Å². The Morgan fingerprint density at radius 2 is 1.81 bits per heavy atom. The van der Waals surface area contributed by atoms with Crippen molar-refractivity contribution in [2.45, 2.75) is 12.8 Å². The van der Waals surface area contributed by atoms with Gasteiger partial charge in [0.2, 0.25) is 0 Å². The fourth-order valence-corrected chi connectivity index (χ4v) is 2.14. The van der Waals surface area contributed by atoms with Crippen LogP contribution in [0.4, 0.5) is 0 Å². The highest BCUT2D eigenvalue weighted by atomic mass is 35.5. The number of hydrogen-bond donors (Lipinski definition) is 2. The normalized spacial score (nSPS) is 10.4. The summed E-state index contributed by atoms with van der Waals surface area (Å²) in [5, 5.41) is 19.1. The maximum atomic E-state index is 10.5. The van der Waals surface area contributed by atoms with Crippen molar-refractivity contribution in [2.75, 3.05) is 0 Å². The number of aryl methyl sites for hydroxylation is 1. The van der Waals surface area contributed by atoms with E-state index in [0.29, 0.717) is 22.2 Å². The maximum Gasteiger partial charge on any atom is 0.303 e. The van der Waals surface area contributed by atoms with Gasteiger partial charge in [-0.3, -0.25) is 4.79 Å². The molecule has 2 N–H and O–H groups in total. The van der Waals surface area contributed by atoms with Crippen molar-refractivity contribution in [1.29, 1.82) is 0 Å². The lowest BCUT2D eigenvalue weighted by Crippen LogP contribution is -1.97. The monoisotopic (exact) mass is 326 g/mol. The third kappa shape index (κ3) is 4.28. The van der Waals surface area contributed by atoms with Crippen molar-refractivity contribution in [3.05, 3.63) is 52.0 Å². The zero-order valence-electron chi connectivity index (χ0n) is 10.8. The summed E-state index contributed by atoms with van der Waals surface area (Å²) in [6.07, 6.45) is 0.427. The number of halogens is 2. The molecule has 0 saturated carbocycles. The van der Waals surface area contributed by atoms with Crippen molar-refractivity contribution in [3.63, 3.8) is 0 Å². The Hall–Kier alpha value is -1.91. The van der Waals surface area contributed by atoms with Gasteiger partial charge in [0.1, 0.15) is 5.75 Å². The fraction of sp³-hybridized carbons (Fsp3) is 0.133. The molecule has 0 spiro atoms. The van der Waals surface area contributed by atoms with Crippen molar-refractivity contribution in [3.8, 4) is 17.2 Å². The van der Waals surface area contributed by atoms with Gasteiger partial charge in [-0.25, -0.2) is 0 Å². The van der Waals surface area contributed by atoms with Crippen LogP contribution in [0, 0.1) is 0 Å². The van der Waals surface area contributed by atoms with Crippen LogP contribution in [0.25, 0.3) is 0 Å². The lowest BCUT2D eigenvalue weighted by atomic mass is 10.1. The predicted molar refractivity (Wildman–Crippen MR) is 80.6 cm³/mol. The van der Waals surface area contributed by atoms with Crippen LogP contribution in [0.3, 0.4) is 0 Å². The first-order chi connectivity index (χ1) is 9.95. The van der Waals surface area contributed by atoms with Crippen LogP contribution < -0.4 is 4.74 Å². The van der Waals surface area contributed by atoms with E-state index in [2.05, 4.69) is 0 Å². The highest BCUT2D eigenvalue weighted by molar-refractivity contribution is 6.32. The molecule has 0 unspecified atom stereocenters. The van der Waals surface area contributed by atoms with Gasteiger partial charge in [-0.15, -0.1) is 0 Å². The average molecular weight is 327 g/mol. The molecule has 4 nitrogen and oxygen atoms in total. The lowest BCUT2D eigenvalue weighted by molar-refractivity contribution is -0.136. The summed E-state index contributed by atoms with van der Waals surface area (Å²) in [4.78, 5) is 10.5. The molecule has 110 valence electrons. The molecule has 21 heavy (non-hydrogen) atoms. The summed E-state index contributed by atoms with van der Waals surface area (Å²) >= 11 is 11.8. The van der Waals surface area contributed by atoms with Crippen LogP contribution in [0.5, 0.6) is 17.2 Å². The first-order valence-corrected chi connectivity index (χ1v) is 6.88. The smallest absolute Gasteiger partial charge is 0.303 e. The van der Waals surface area contributed by atoms with Gasteiger partial charge >= 0.3 is 5.97 Å². The van der Waals surface area contributed by atoms with Crippen LogP contribution in [0.1, 0.15) is 12.0 Å². The molecule has 0 aliphatic heterocycles. The number of carbonyl (C=O) groups is 1. The van der Waals surface area contributed by atoms with Gasteiger partial charge in [-0.1, -0.05) is 29.3 Å². The van der Waals surface area contributed by atoms with E-state index in [4.69, 9.17) is 33.0 Å². The van der Waals surface area contributed by atoms with E-state index in [1.54, 1.807) is 24.3 Å². The Balaban J connectivity index is 2.15. The molecule has 2 rings (SSSR count). The quantitative estimate of drug-likeness (QED) is 0.848. The highest BCUT2D eigenvalue weighted by Gasteiger charge is 2.09. The zero-order valence-corrected chi connectivity index (χ0v) is 12.4. The van der Waals surface area contributed by atoms with E-state index in [-0.39, 0.29) is 17.9 Å². The van der Waals surface area contributed by atoms with E-state index >= 15 is 0 Å². The average Bonchev–Trinajstić information content (AvgIpc) is 2.42. The van der Waals surface area contributed by atoms with E-state index in [1.807, 2.05) is 0 Å². The second-order valence-corrected chi connectivity index (χ2v) is 5.22. The van der Waals surface area contributed by atoms with E-state index in [1.165, 1.54) is 12.1 Å². The molecule has 0 bridgehead atoms. The molecule has 0 saturated heterocycles. The number of carboxylic acid groups (broad SMARTS) is 1. The summed E-state index contributed by atoms with van der Waals surface area (Å²) in [6.45, 7) is 0. The number of phenols is 1. The van der Waals surface area contributed by atoms with Crippen LogP contribution in [0.2, 0.25) is 10.0 Å². The van der Waals surface area contributed by atoms with Crippen LogP contribution in [0.15, 0.2) is 36.4 Å². The van der Waals surface area contributed by atoms with Crippen LogP contribution in [-0.2, 0) is 11.2 Å². The van der Waals surface area contributed by atoms with Gasteiger partial charge in [-0.2, -0.15) is 0 Å². The van der Waals surface area contributed by atoms with Gasteiger partial charge in [0.25, 0.3) is 0 Å².